The van der Waals surface area contributed by atoms with Gasteiger partial charge in [-0.3, -0.25) is 4.21 Å². The van der Waals surface area contributed by atoms with Crippen molar-refractivity contribution in [2.24, 2.45) is 0 Å². The van der Waals surface area contributed by atoms with Crippen LogP contribution in [0.3, 0.4) is 0 Å². The van der Waals surface area contributed by atoms with Crippen LogP contribution in [0.15, 0.2) is 35.2 Å². The van der Waals surface area contributed by atoms with Crippen LogP contribution >= 0.6 is 11.6 Å². The van der Waals surface area contributed by atoms with Crippen molar-refractivity contribution in [1.82, 2.24) is 9.97 Å². The summed E-state index contributed by atoms with van der Waals surface area (Å²) in [6, 6.07) is 7.98. The fraction of sp³-hybridized carbons (Fsp3) is 0.500. The molecule has 0 radical (unpaired) electrons. The predicted molar refractivity (Wildman–Crippen MR) is 128 cm³/mol. The van der Waals surface area contributed by atoms with E-state index in [4.69, 9.17) is 21.6 Å². The molecule has 3 heterocycles. The van der Waals surface area contributed by atoms with Gasteiger partial charge < -0.3 is 15.3 Å². The summed E-state index contributed by atoms with van der Waals surface area (Å²) in [5.74, 6) is 1.37. The van der Waals surface area contributed by atoms with Crippen LogP contribution in [0.5, 0.6) is 0 Å². The lowest BCUT2D eigenvalue weighted by molar-refractivity contribution is 0.143. The zero-order valence-corrected chi connectivity index (χ0v) is 19.5. The van der Waals surface area contributed by atoms with Crippen LogP contribution in [0.25, 0.3) is 5.57 Å². The Hall–Kier alpha value is -1.96. The highest BCUT2D eigenvalue weighted by Crippen LogP contribution is 2.54. The minimum atomic E-state index is -1.08. The molecule has 1 spiro atoms. The van der Waals surface area contributed by atoms with E-state index in [9.17, 15) is 9.32 Å². The van der Waals surface area contributed by atoms with Gasteiger partial charge in [-0.1, -0.05) is 29.8 Å². The molecule has 4 aliphatic rings. The maximum atomic E-state index is 13.3. The Kier molecular flexibility index (Phi) is 4.86. The third kappa shape index (κ3) is 3.37. The SMILES string of the molecule is O=S1c2c(nc(N3CC=C(c4ccc(Cl)cc4)CC3)nc2NC2(CO)CCC2)CC12CC2. The minimum absolute atomic E-state index is 0.0653. The Bertz CT molecular complexity index is 1120. The third-order valence-corrected chi connectivity index (χ3v) is 9.89. The first-order valence-electron chi connectivity index (χ1n) is 11.4. The number of benzene rings is 1. The molecule has 0 amide bonds. The number of aliphatic hydroxyl groups is 1. The lowest BCUT2D eigenvalue weighted by atomic mass is 9.77. The number of halogens is 1. The molecule has 2 aliphatic carbocycles. The average Bonchev–Trinajstić information content (AvgIpc) is 3.51. The van der Waals surface area contributed by atoms with E-state index < -0.39 is 10.8 Å². The number of aliphatic hydroxyl groups excluding tert-OH is 1. The third-order valence-electron chi connectivity index (χ3n) is 7.50. The summed E-state index contributed by atoms with van der Waals surface area (Å²) >= 11 is 6.03. The van der Waals surface area contributed by atoms with E-state index in [1.807, 2.05) is 12.1 Å². The predicted octanol–water partition coefficient (Wildman–Crippen LogP) is 3.95. The van der Waals surface area contributed by atoms with Crippen molar-refractivity contribution in [3.63, 3.8) is 0 Å². The average molecular weight is 471 g/mol. The Balaban J connectivity index is 1.31. The molecule has 1 unspecified atom stereocenters. The fourth-order valence-electron chi connectivity index (χ4n) is 5.07. The van der Waals surface area contributed by atoms with Gasteiger partial charge in [0.1, 0.15) is 10.7 Å². The van der Waals surface area contributed by atoms with Crippen molar-refractivity contribution in [1.29, 1.82) is 0 Å². The van der Waals surface area contributed by atoms with Gasteiger partial charge in [-0.05, 0) is 61.8 Å². The van der Waals surface area contributed by atoms with E-state index in [2.05, 4.69) is 28.4 Å². The minimum Gasteiger partial charge on any atom is -0.394 e. The van der Waals surface area contributed by atoms with Gasteiger partial charge in [-0.15, -0.1) is 0 Å². The molecule has 2 aliphatic heterocycles. The monoisotopic (exact) mass is 470 g/mol. The van der Waals surface area contributed by atoms with Gasteiger partial charge in [-0.2, -0.15) is 4.98 Å². The van der Waals surface area contributed by atoms with Gasteiger partial charge in [0.05, 0.1) is 33.4 Å². The van der Waals surface area contributed by atoms with E-state index >= 15 is 0 Å². The molecule has 2 fully saturated rings. The van der Waals surface area contributed by atoms with Gasteiger partial charge in [0, 0.05) is 24.5 Å². The maximum absolute atomic E-state index is 13.3. The van der Waals surface area contributed by atoms with Crippen LogP contribution in [0.4, 0.5) is 11.8 Å². The molecule has 168 valence electrons. The molecule has 2 N–H and O–H groups in total. The van der Waals surface area contributed by atoms with Crippen LogP contribution in [0.2, 0.25) is 5.02 Å². The van der Waals surface area contributed by atoms with E-state index in [0.29, 0.717) is 11.8 Å². The molecule has 2 aromatic rings. The molecule has 0 bridgehead atoms. The maximum Gasteiger partial charge on any atom is 0.227 e. The van der Waals surface area contributed by atoms with Crippen molar-refractivity contribution in [3.8, 4) is 0 Å². The Morgan fingerprint density at radius 2 is 1.94 bits per heavy atom. The first-order valence-corrected chi connectivity index (χ1v) is 13.0. The number of fused-ring (bicyclic) bond motifs is 1. The van der Waals surface area contributed by atoms with Gasteiger partial charge >= 0.3 is 0 Å². The highest BCUT2D eigenvalue weighted by Gasteiger charge is 2.56. The summed E-state index contributed by atoms with van der Waals surface area (Å²) in [4.78, 5) is 12.8. The second kappa shape index (κ2) is 7.54. The van der Waals surface area contributed by atoms with Crippen molar-refractivity contribution in [3.05, 3.63) is 46.6 Å². The van der Waals surface area contributed by atoms with E-state index in [-0.39, 0.29) is 16.9 Å². The highest BCUT2D eigenvalue weighted by molar-refractivity contribution is 7.87. The summed E-state index contributed by atoms with van der Waals surface area (Å²) in [5, 5.41) is 14.2. The van der Waals surface area contributed by atoms with E-state index in [1.165, 1.54) is 11.1 Å². The lowest BCUT2D eigenvalue weighted by Gasteiger charge is -2.41. The van der Waals surface area contributed by atoms with Gasteiger partial charge in [0.15, 0.2) is 0 Å². The Morgan fingerprint density at radius 3 is 2.53 bits per heavy atom. The number of anilines is 2. The molecular weight excluding hydrogens is 444 g/mol. The number of nitrogens with zero attached hydrogens (tertiary/aromatic N) is 3. The molecule has 6 rings (SSSR count). The number of nitrogens with one attached hydrogen (secondary N) is 1. The Labute approximate surface area is 195 Å². The van der Waals surface area contributed by atoms with E-state index in [1.54, 1.807) is 0 Å². The molecule has 1 aromatic heterocycles. The zero-order valence-electron chi connectivity index (χ0n) is 17.9. The molecular formula is C24H27ClN4O2S. The standard InChI is InChI=1S/C24H27ClN4O2S/c25-18-4-2-16(3-5-18)17-6-12-29(13-7-17)22-26-19-14-24(10-11-24)32(31)20(19)21(27-22)28-23(15-30)8-1-9-23/h2-6,30H,1,7-15H2,(H,26,27,28). The molecule has 6 nitrogen and oxygen atoms in total. The number of hydrogen-bond donors (Lipinski definition) is 2. The van der Waals surface area contributed by atoms with E-state index in [0.717, 1.165) is 73.6 Å². The topological polar surface area (TPSA) is 78.4 Å². The molecule has 32 heavy (non-hydrogen) atoms. The molecule has 8 heteroatoms. The second-order valence-corrected chi connectivity index (χ2v) is 11.9. The smallest absolute Gasteiger partial charge is 0.227 e. The van der Waals surface area contributed by atoms with Crippen molar-refractivity contribution < 1.29 is 9.32 Å². The van der Waals surface area contributed by atoms with Crippen LogP contribution in [-0.2, 0) is 17.2 Å². The summed E-state index contributed by atoms with van der Waals surface area (Å²) in [7, 11) is -1.08. The highest BCUT2D eigenvalue weighted by atomic mass is 35.5. The van der Waals surface area contributed by atoms with Crippen LogP contribution in [0, 0.1) is 0 Å². The summed E-state index contributed by atoms with van der Waals surface area (Å²) in [6.45, 7) is 1.62. The number of rotatable bonds is 5. The van der Waals surface area contributed by atoms with Crippen molar-refractivity contribution in [2.45, 2.75) is 60.1 Å². The van der Waals surface area contributed by atoms with Crippen molar-refractivity contribution >= 4 is 39.7 Å². The number of hydrogen-bond acceptors (Lipinski definition) is 6. The van der Waals surface area contributed by atoms with Crippen LogP contribution in [0.1, 0.15) is 49.8 Å². The van der Waals surface area contributed by atoms with Crippen LogP contribution in [-0.4, -0.2) is 49.3 Å². The quantitative estimate of drug-likeness (QED) is 0.689. The molecule has 0 saturated heterocycles. The second-order valence-electron chi connectivity index (χ2n) is 9.63. The van der Waals surface area contributed by atoms with Crippen molar-refractivity contribution in [2.75, 3.05) is 29.9 Å². The molecule has 2 saturated carbocycles. The zero-order chi connectivity index (χ0) is 21.9. The number of aromatic nitrogens is 2. The van der Waals surface area contributed by atoms with Gasteiger partial charge in [0.25, 0.3) is 0 Å². The largest absolute Gasteiger partial charge is 0.394 e. The fourth-order valence-corrected chi connectivity index (χ4v) is 6.97. The first-order chi connectivity index (χ1) is 15.5. The summed E-state index contributed by atoms with van der Waals surface area (Å²) in [6.07, 6.45) is 8.80. The molecule has 1 aromatic carbocycles. The Morgan fingerprint density at radius 1 is 1.16 bits per heavy atom. The summed E-state index contributed by atoms with van der Waals surface area (Å²) in [5.41, 5.74) is 3.09. The van der Waals surface area contributed by atoms with Gasteiger partial charge in [0.2, 0.25) is 5.95 Å². The lowest BCUT2D eigenvalue weighted by Crippen LogP contribution is -2.48. The molecule has 1 atom stereocenters. The normalized spacial score (nSPS) is 24.6. The first kappa shape index (κ1) is 20.6. The van der Waals surface area contributed by atoms with Gasteiger partial charge in [-0.25, -0.2) is 4.98 Å². The van der Waals surface area contributed by atoms with Crippen LogP contribution < -0.4 is 10.2 Å². The summed E-state index contributed by atoms with van der Waals surface area (Å²) < 4.78 is 13.2.